The van der Waals surface area contributed by atoms with E-state index in [4.69, 9.17) is 5.11 Å². The van der Waals surface area contributed by atoms with Gasteiger partial charge in [0.15, 0.2) is 0 Å². The molecule has 1 rings (SSSR count). The lowest BCUT2D eigenvalue weighted by molar-refractivity contribution is 0.0702. The molecule has 0 aliphatic carbocycles. The second-order valence-corrected chi connectivity index (χ2v) is 7.02. The zero-order valence-electron chi connectivity index (χ0n) is 10.4. The van der Waals surface area contributed by atoms with Gasteiger partial charge in [0.1, 0.15) is 4.88 Å². The quantitative estimate of drug-likeness (QED) is 0.867. The molecule has 0 saturated carbocycles. The van der Waals surface area contributed by atoms with Crippen molar-refractivity contribution in [2.75, 3.05) is 5.75 Å². The van der Waals surface area contributed by atoms with Crippen LogP contribution in [0.2, 0.25) is 0 Å². The maximum Gasteiger partial charge on any atom is 0.345 e. The highest BCUT2D eigenvalue weighted by molar-refractivity contribution is 7.84. The number of rotatable bonds is 6. The van der Waals surface area contributed by atoms with Gasteiger partial charge in [-0.05, 0) is 24.5 Å². The second-order valence-electron chi connectivity index (χ2n) is 4.26. The first-order valence-electron chi connectivity index (χ1n) is 5.61. The van der Waals surface area contributed by atoms with Gasteiger partial charge in [-0.15, -0.1) is 11.3 Å². The Kier molecular flexibility index (Phi) is 5.33. The molecule has 0 saturated heterocycles. The Morgan fingerprint density at radius 1 is 1.59 bits per heavy atom. The van der Waals surface area contributed by atoms with Crippen LogP contribution in [0.4, 0.5) is 0 Å². The molecule has 3 nitrogen and oxygen atoms in total. The molecule has 1 aromatic heterocycles. The van der Waals surface area contributed by atoms with Gasteiger partial charge in [0.25, 0.3) is 0 Å². The molecule has 5 heteroatoms. The third kappa shape index (κ3) is 4.24. The maximum absolute atomic E-state index is 11.9. The third-order valence-corrected chi connectivity index (χ3v) is 5.37. The third-order valence-electron chi connectivity index (χ3n) is 2.72. The van der Waals surface area contributed by atoms with Gasteiger partial charge >= 0.3 is 5.97 Å². The molecular formula is C12H18O3S2. The molecule has 0 fully saturated rings. The van der Waals surface area contributed by atoms with Crippen LogP contribution in [0.15, 0.2) is 6.07 Å². The van der Waals surface area contributed by atoms with Crippen molar-refractivity contribution < 1.29 is 14.1 Å². The molecule has 0 aromatic carbocycles. The molecule has 0 radical (unpaired) electrons. The summed E-state index contributed by atoms with van der Waals surface area (Å²) in [7, 11) is -0.897. The number of carbonyl (C=O) groups is 1. The van der Waals surface area contributed by atoms with E-state index in [0.29, 0.717) is 22.3 Å². The highest BCUT2D eigenvalue weighted by atomic mass is 32.2. The monoisotopic (exact) mass is 274 g/mol. The number of aromatic carboxylic acids is 1. The van der Waals surface area contributed by atoms with Crippen LogP contribution in [0.5, 0.6) is 0 Å². The molecule has 1 N–H and O–H groups in total. The summed E-state index contributed by atoms with van der Waals surface area (Å²) in [6, 6.07) is 1.65. The van der Waals surface area contributed by atoms with E-state index in [2.05, 4.69) is 13.8 Å². The van der Waals surface area contributed by atoms with Crippen LogP contribution in [-0.2, 0) is 16.6 Å². The first kappa shape index (κ1) is 14.4. The van der Waals surface area contributed by atoms with E-state index in [1.807, 2.05) is 6.92 Å². The van der Waals surface area contributed by atoms with Gasteiger partial charge in [0.05, 0.1) is 0 Å². The number of hydrogen-bond acceptors (Lipinski definition) is 3. The Labute approximate surface area is 108 Å². The molecule has 17 heavy (non-hydrogen) atoms. The van der Waals surface area contributed by atoms with E-state index in [1.165, 1.54) is 11.3 Å². The average molecular weight is 274 g/mol. The first-order valence-corrected chi connectivity index (χ1v) is 7.92. The topological polar surface area (TPSA) is 54.4 Å². The van der Waals surface area contributed by atoms with Crippen LogP contribution >= 0.6 is 11.3 Å². The Balaban J connectivity index is 2.68. The van der Waals surface area contributed by atoms with Gasteiger partial charge in [0.2, 0.25) is 0 Å². The Morgan fingerprint density at radius 3 is 2.71 bits per heavy atom. The van der Waals surface area contributed by atoms with Gasteiger partial charge in [-0.3, -0.25) is 4.21 Å². The van der Waals surface area contributed by atoms with Crippen molar-refractivity contribution >= 4 is 28.1 Å². The van der Waals surface area contributed by atoms with Crippen molar-refractivity contribution in [1.29, 1.82) is 0 Å². The summed E-state index contributed by atoms with van der Waals surface area (Å²) in [6.45, 7) is 6.05. The van der Waals surface area contributed by atoms with Gasteiger partial charge in [0, 0.05) is 27.2 Å². The summed E-state index contributed by atoms with van der Waals surface area (Å²) in [5, 5.41) is 8.87. The zero-order valence-corrected chi connectivity index (χ0v) is 12.0. The van der Waals surface area contributed by atoms with Crippen LogP contribution in [0.3, 0.4) is 0 Å². The fourth-order valence-electron chi connectivity index (χ4n) is 1.44. The highest BCUT2D eigenvalue weighted by Gasteiger charge is 2.14. The maximum atomic E-state index is 11.9. The SMILES string of the molecule is CCC(C)CS(=O)Cc1cc(C(=O)O)sc1C. The largest absolute Gasteiger partial charge is 0.477 e. The summed E-state index contributed by atoms with van der Waals surface area (Å²) >= 11 is 1.26. The van der Waals surface area contributed by atoms with Crippen molar-refractivity contribution in [2.24, 2.45) is 5.92 Å². The summed E-state index contributed by atoms with van der Waals surface area (Å²) < 4.78 is 11.9. The van der Waals surface area contributed by atoms with E-state index < -0.39 is 16.8 Å². The lowest BCUT2D eigenvalue weighted by Crippen LogP contribution is -2.08. The number of carboxylic acids is 1. The summed E-state index contributed by atoms with van der Waals surface area (Å²) in [5.74, 6) is 0.708. The van der Waals surface area contributed by atoms with Crippen LogP contribution in [0.25, 0.3) is 0 Å². The molecule has 0 spiro atoms. The highest BCUT2D eigenvalue weighted by Crippen LogP contribution is 2.23. The summed E-state index contributed by atoms with van der Waals surface area (Å²) in [5.41, 5.74) is 0.911. The Hall–Kier alpha value is -0.680. The smallest absolute Gasteiger partial charge is 0.345 e. The van der Waals surface area contributed by atoms with Crippen molar-refractivity contribution in [2.45, 2.75) is 32.9 Å². The van der Waals surface area contributed by atoms with Crippen LogP contribution in [0, 0.1) is 12.8 Å². The Bertz CT molecular complexity index is 423. The number of carboxylic acid groups (broad SMARTS) is 1. The predicted octanol–water partition coefficient (Wildman–Crippen LogP) is 3.05. The fourth-order valence-corrected chi connectivity index (χ4v) is 4.04. The molecule has 1 aromatic rings. The molecule has 2 atom stereocenters. The van der Waals surface area contributed by atoms with Crippen LogP contribution in [-0.4, -0.2) is 21.0 Å². The molecule has 96 valence electrons. The molecule has 0 aliphatic rings. The van der Waals surface area contributed by atoms with Crippen LogP contribution < -0.4 is 0 Å². The van der Waals surface area contributed by atoms with E-state index in [0.717, 1.165) is 16.9 Å². The van der Waals surface area contributed by atoms with E-state index in [-0.39, 0.29) is 0 Å². The summed E-state index contributed by atoms with van der Waals surface area (Å²) in [4.78, 5) is 12.1. The fraction of sp³-hybridized carbons (Fsp3) is 0.583. The minimum atomic E-state index is -0.906. The normalized spacial score (nSPS) is 14.5. The average Bonchev–Trinajstić information content (AvgIpc) is 2.60. The molecule has 0 bridgehead atoms. The van der Waals surface area contributed by atoms with Crippen molar-refractivity contribution in [3.05, 3.63) is 21.4 Å². The summed E-state index contributed by atoms with van der Waals surface area (Å²) in [6.07, 6.45) is 1.02. The molecule has 0 aliphatic heterocycles. The van der Waals surface area contributed by atoms with Crippen molar-refractivity contribution in [3.8, 4) is 0 Å². The molecule has 1 heterocycles. The number of aryl methyl sites for hydroxylation is 1. The van der Waals surface area contributed by atoms with Gasteiger partial charge < -0.3 is 5.11 Å². The second kappa shape index (κ2) is 6.31. The zero-order chi connectivity index (χ0) is 13.0. The molecule has 2 unspecified atom stereocenters. The van der Waals surface area contributed by atoms with Crippen molar-refractivity contribution in [3.63, 3.8) is 0 Å². The molecule has 0 amide bonds. The first-order chi connectivity index (χ1) is 7.93. The van der Waals surface area contributed by atoms with Crippen molar-refractivity contribution in [1.82, 2.24) is 0 Å². The van der Waals surface area contributed by atoms with E-state index in [9.17, 15) is 9.00 Å². The van der Waals surface area contributed by atoms with E-state index >= 15 is 0 Å². The lowest BCUT2D eigenvalue weighted by Gasteiger charge is -2.07. The minimum absolute atomic E-state index is 0.332. The number of hydrogen-bond donors (Lipinski definition) is 1. The van der Waals surface area contributed by atoms with Gasteiger partial charge in [-0.1, -0.05) is 20.3 Å². The number of thiophene rings is 1. The van der Waals surface area contributed by atoms with E-state index in [1.54, 1.807) is 6.07 Å². The standard InChI is InChI=1S/C12H18O3S2/c1-4-8(2)6-17(15)7-10-5-11(12(13)14)16-9(10)3/h5,8H,4,6-7H2,1-3H3,(H,13,14). The minimum Gasteiger partial charge on any atom is -0.477 e. The van der Waals surface area contributed by atoms with Crippen LogP contribution in [0.1, 0.15) is 40.4 Å². The predicted molar refractivity (Wildman–Crippen MR) is 72.2 cm³/mol. The molecular weight excluding hydrogens is 256 g/mol. The Morgan fingerprint density at radius 2 is 2.24 bits per heavy atom. The van der Waals surface area contributed by atoms with Gasteiger partial charge in [-0.25, -0.2) is 4.79 Å². The van der Waals surface area contributed by atoms with Gasteiger partial charge in [-0.2, -0.15) is 0 Å². The lowest BCUT2D eigenvalue weighted by atomic mass is 10.2.